The van der Waals surface area contributed by atoms with Crippen molar-refractivity contribution in [3.8, 4) is 0 Å². The van der Waals surface area contributed by atoms with Crippen molar-refractivity contribution >= 4 is 21.2 Å². The summed E-state index contributed by atoms with van der Waals surface area (Å²) >= 11 is 0. The van der Waals surface area contributed by atoms with E-state index in [-0.39, 0.29) is 5.25 Å². The maximum atomic E-state index is 11.8. The lowest BCUT2D eigenvalue weighted by Gasteiger charge is -2.05. The minimum absolute atomic E-state index is 0.292. The first-order chi connectivity index (χ1) is 8.54. The van der Waals surface area contributed by atoms with E-state index in [0.717, 1.165) is 18.5 Å². The molecular weight excluding hydrogens is 252 g/mol. The molecule has 18 heavy (non-hydrogen) atoms. The van der Waals surface area contributed by atoms with Crippen LogP contribution in [0, 0.1) is 0 Å². The second-order valence-electron chi connectivity index (χ2n) is 4.66. The van der Waals surface area contributed by atoms with Gasteiger partial charge >= 0.3 is 0 Å². The molecule has 3 heterocycles. The van der Waals surface area contributed by atoms with Crippen LogP contribution in [0.4, 0.5) is 5.69 Å². The van der Waals surface area contributed by atoms with Crippen LogP contribution in [-0.2, 0) is 16.3 Å². The zero-order chi connectivity index (χ0) is 12.8. The molecule has 0 saturated carbocycles. The van der Waals surface area contributed by atoms with Crippen LogP contribution in [0.25, 0.3) is 5.65 Å². The second kappa shape index (κ2) is 3.94. The monoisotopic (exact) mass is 266 g/mol. The van der Waals surface area contributed by atoms with Gasteiger partial charge in [-0.3, -0.25) is 0 Å². The Morgan fingerprint density at radius 1 is 1.50 bits per heavy atom. The highest BCUT2D eigenvalue weighted by molar-refractivity contribution is 7.92. The van der Waals surface area contributed by atoms with Gasteiger partial charge in [-0.25, -0.2) is 17.9 Å². The summed E-state index contributed by atoms with van der Waals surface area (Å²) in [7, 11) is -2.93. The SMILES string of the molecule is Nc1cnc2cc(CC3CCCS3(=O)=O)nn2c1. The third kappa shape index (κ3) is 1.94. The van der Waals surface area contributed by atoms with Crippen LogP contribution < -0.4 is 5.73 Å². The van der Waals surface area contributed by atoms with Crippen LogP contribution in [0.2, 0.25) is 0 Å². The molecule has 0 bridgehead atoms. The van der Waals surface area contributed by atoms with Gasteiger partial charge in [0.15, 0.2) is 15.5 Å². The van der Waals surface area contributed by atoms with Gasteiger partial charge in [0.05, 0.1) is 34.8 Å². The first-order valence-corrected chi connectivity index (χ1v) is 7.57. The fourth-order valence-electron chi connectivity index (χ4n) is 2.36. The predicted molar refractivity (Wildman–Crippen MR) is 67.9 cm³/mol. The van der Waals surface area contributed by atoms with Crippen molar-refractivity contribution in [3.63, 3.8) is 0 Å². The van der Waals surface area contributed by atoms with Gasteiger partial charge in [-0.05, 0) is 12.8 Å². The van der Waals surface area contributed by atoms with Crippen molar-refractivity contribution in [1.29, 1.82) is 0 Å². The Morgan fingerprint density at radius 3 is 3.06 bits per heavy atom. The summed E-state index contributed by atoms with van der Waals surface area (Å²) in [5.74, 6) is 0.302. The number of nitrogens with two attached hydrogens (primary N) is 1. The molecule has 0 amide bonds. The van der Waals surface area contributed by atoms with Crippen molar-refractivity contribution in [2.24, 2.45) is 0 Å². The minimum atomic E-state index is -2.93. The summed E-state index contributed by atoms with van der Waals surface area (Å²) < 4.78 is 25.1. The van der Waals surface area contributed by atoms with E-state index in [1.54, 1.807) is 16.9 Å². The molecular formula is C11H14N4O2S. The highest BCUT2D eigenvalue weighted by Gasteiger charge is 2.31. The second-order valence-corrected chi connectivity index (χ2v) is 7.06. The average molecular weight is 266 g/mol. The first kappa shape index (κ1) is 11.5. The average Bonchev–Trinajstić information content (AvgIpc) is 2.82. The van der Waals surface area contributed by atoms with E-state index in [1.165, 1.54) is 0 Å². The largest absolute Gasteiger partial charge is 0.396 e. The Balaban J connectivity index is 1.91. The number of hydrogen-bond acceptors (Lipinski definition) is 5. The van der Waals surface area contributed by atoms with Gasteiger partial charge in [0.25, 0.3) is 0 Å². The molecule has 0 radical (unpaired) electrons. The molecule has 1 aliphatic rings. The van der Waals surface area contributed by atoms with Gasteiger partial charge in [0, 0.05) is 12.5 Å². The molecule has 1 aliphatic heterocycles. The number of sulfone groups is 1. The van der Waals surface area contributed by atoms with Gasteiger partial charge < -0.3 is 5.73 Å². The van der Waals surface area contributed by atoms with Crippen molar-refractivity contribution in [1.82, 2.24) is 14.6 Å². The fraction of sp³-hybridized carbons (Fsp3) is 0.455. The Labute approximate surface area is 105 Å². The van der Waals surface area contributed by atoms with Crippen LogP contribution in [0.1, 0.15) is 18.5 Å². The van der Waals surface area contributed by atoms with E-state index in [1.807, 2.05) is 6.07 Å². The summed E-state index contributed by atoms with van der Waals surface area (Å²) in [5, 5.41) is 4.02. The van der Waals surface area contributed by atoms with Crippen molar-refractivity contribution in [3.05, 3.63) is 24.2 Å². The molecule has 1 unspecified atom stereocenters. The summed E-state index contributed by atoms with van der Waals surface area (Å²) in [4.78, 5) is 4.14. The van der Waals surface area contributed by atoms with Crippen molar-refractivity contribution in [2.45, 2.75) is 24.5 Å². The third-order valence-corrected chi connectivity index (χ3v) is 5.56. The van der Waals surface area contributed by atoms with E-state index in [4.69, 9.17) is 5.73 Å². The van der Waals surface area contributed by atoms with Crippen molar-refractivity contribution < 1.29 is 8.42 Å². The normalized spacial score (nSPS) is 22.6. The maximum absolute atomic E-state index is 11.8. The molecule has 0 aliphatic carbocycles. The van der Waals surface area contributed by atoms with E-state index in [2.05, 4.69) is 10.1 Å². The third-order valence-electron chi connectivity index (χ3n) is 3.28. The standard InChI is InChI=1S/C11H14N4O2S/c12-8-6-13-11-5-9(14-15(11)7-8)4-10-2-1-3-18(10,16)17/h5-7,10H,1-4,12H2. The zero-order valence-corrected chi connectivity index (χ0v) is 10.6. The Kier molecular flexibility index (Phi) is 2.51. The van der Waals surface area contributed by atoms with Crippen LogP contribution in [0.5, 0.6) is 0 Å². The summed E-state index contributed by atoms with van der Waals surface area (Å²) in [5.41, 5.74) is 7.60. The van der Waals surface area contributed by atoms with Gasteiger partial charge in [0.1, 0.15) is 0 Å². The number of anilines is 1. The van der Waals surface area contributed by atoms with Crippen LogP contribution in [0.3, 0.4) is 0 Å². The summed E-state index contributed by atoms with van der Waals surface area (Å²) in [6, 6.07) is 1.81. The minimum Gasteiger partial charge on any atom is -0.396 e. The van der Waals surface area contributed by atoms with Gasteiger partial charge in [-0.2, -0.15) is 5.10 Å². The Bertz CT molecular complexity index is 692. The molecule has 1 saturated heterocycles. The molecule has 1 fully saturated rings. The zero-order valence-electron chi connectivity index (χ0n) is 9.78. The van der Waals surface area contributed by atoms with Crippen LogP contribution in [-0.4, -0.2) is 34.0 Å². The first-order valence-electron chi connectivity index (χ1n) is 5.86. The predicted octanol–water partition coefficient (Wildman–Crippen LogP) is 0.431. The number of fused-ring (bicyclic) bond motifs is 1. The topological polar surface area (TPSA) is 90.3 Å². The summed E-state index contributed by atoms with van der Waals surface area (Å²) in [6.45, 7) is 0. The van der Waals surface area contributed by atoms with Gasteiger partial charge in [-0.1, -0.05) is 0 Å². The molecule has 2 aromatic rings. The molecule has 6 nitrogen and oxygen atoms in total. The summed E-state index contributed by atoms with van der Waals surface area (Å²) in [6.07, 6.45) is 5.19. The van der Waals surface area contributed by atoms with E-state index in [0.29, 0.717) is 23.5 Å². The molecule has 0 spiro atoms. The Morgan fingerprint density at radius 2 is 2.33 bits per heavy atom. The smallest absolute Gasteiger partial charge is 0.155 e. The molecule has 96 valence electrons. The number of aromatic nitrogens is 3. The number of nitrogens with zero attached hydrogens (tertiary/aromatic N) is 3. The van der Waals surface area contributed by atoms with Crippen LogP contribution >= 0.6 is 0 Å². The fourth-order valence-corrected chi connectivity index (χ4v) is 4.21. The van der Waals surface area contributed by atoms with Gasteiger partial charge in [-0.15, -0.1) is 0 Å². The highest BCUT2D eigenvalue weighted by Crippen LogP contribution is 2.23. The van der Waals surface area contributed by atoms with E-state index < -0.39 is 9.84 Å². The van der Waals surface area contributed by atoms with Crippen molar-refractivity contribution in [2.75, 3.05) is 11.5 Å². The lowest BCUT2D eigenvalue weighted by Crippen LogP contribution is -2.18. The number of nitrogen functional groups attached to an aromatic ring is 1. The number of rotatable bonds is 2. The van der Waals surface area contributed by atoms with Crippen LogP contribution in [0.15, 0.2) is 18.5 Å². The number of hydrogen-bond donors (Lipinski definition) is 1. The maximum Gasteiger partial charge on any atom is 0.155 e. The Hall–Kier alpha value is -1.63. The molecule has 2 aromatic heterocycles. The molecule has 1 atom stereocenters. The quantitative estimate of drug-likeness (QED) is 0.851. The highest BCUT2D eigenvalue weighted by atomic mass is 32.2. The lowest BCUT2D eigenvalue weighted by atomic mass is 10.1. The van der Waals surface area contributed by atoms with E-state index >= 15 is 0 Å². The molecule has 3 rings (SSSR count). The lowest BCUT2D eigenvalue weighted by molar-refractivity contribution is 0.587. The van der Waals surface area contributed by atoms with Gasteiger partial charge in [0.2, 0.25) is 0 Å². The molecule has 7 heteroatoms. The molecule has 2 N–H and O–H groups in total. The molecule has 0 aromatic carbocycles. The van der Waals surface area contributed by atoms with E-state index in [9.17, 15) is 8.42 Å².